The summed E-state index contributed by atoms with van der Waals surface area (Å²) in [7, 11) is 3.19. The fraction of sp³-hybridized carbons (Fsp3) is 0.357. The first-order valence-electron chi connectivity index (χ1n) is 13.3. The number of methoxy groups -OCH3 is 1. The first kappa shape index (κ1) is 26.7. The first-order valence-corrected chi connectivity index (χ1v) is 14.1. The fourth-order valence-corrected chi connectivity index (χ4v) is 6.07. The molecule has 2 aromatic heterocycles. The third-order valence-corrected chi connectivity index (χ3v) is 8.32. The van der Waals surface area contributed by atoms with E-state index in [1.807, 2.05) is 12.1 Å². The van der Waals surface area contributed by atoms with Crippen molar-refractivity contribution in [3.8, 4) is 11.5 Å². The summed E-state index contributed by atoms with van der Waals surface area (Å²) in [5, 5.41) is 11.6. The molecule has 0 aliphatic carbocycles. The number of likely N-dealkylation sites (N-methyl/N-ethyl adjacent to an activating group) is 1. The maximum absolute atomic E-state index is 13.5. The molecule has 0 radical (unpaired) electrons. The average molecular weight is 576 g/mol. The van der Waals surface area contributed by atoms with E-state index in [-0.39, 0.29) is 49.3 Å². The molecular weight excluding hydrogens is 546 g/mol. The molecular formula is C28H29N7O5S. The van der Waals surface area contributed by atoms with Crippen LogP contribution in [0.2, 0.25) is 0 Å². The lowest BCUT2D eigenvalue weighted by Crippen LogP contribution is -2.37. The Morgan fingerprint density at radius 3 is 2.93 bits per heavy atom. The molecule has 0 saturated carbocycles. The summed E-state index contributed by atoms with van der Waals surface area (Å²) in [6.07, 6.45) is 1.97. The van der Waals surface area contributed by atoms with Crippen LogP contribution in [0.5, 0.6) is 11.5 Å². The molecule has 4 aromatic rings. The molecule has 3 amide bonds. The summed E-state index contributed by atoms with van der Waals surface area (Å²) < 4.78 is 14.2. The smallest absolute Gasteiger partial charge is 0.257 e. The van der Waals surface area contributed by atoms with E-state index in [1.54, 1.807) is 52.6 Å². The highest BCUT2D eigenvalue weighted by Gasteiger charge is 2.39. The number of aromatic nitrogens is 4. The number of para-hydroxylation sites is 1. The van der Waals surface area contributed by atoms with Crippen molar-refractivity contribution < 1.29 is 23.9 Å². The van der Waals surface area contributed by atoms with Crippen LogP contribution in [0.15, 0.2) is 48.1 Å². The van der Waals surface area contributed by atoms with Crippen molar-refractivity contribution in [2.45, 2.75) is 19.1 Å². The van der Waals surface area contributed by atoms with Gasteiger partial charge in [0.1, 0.15) is 12.3 Å². The third-order valence-electron chi connectivity index (χ3n) is 7.53. The molecule has 0 spiro atoms. The highest BCUT2D eigenvalue weighted by molar-refractivity contribution is 7.16. The summed E-state index contributed by atoms with van der Waals surface area (Å²) in [4.78, 5) is 47.4. The maximum Gasteiger partial charge on any atom is 0.257 e. The molecule has 4 heterocycles. The predicted molar refractivity (Wildman–Crippen MR) is 150 cm³/mol. The Balaban J connectivity index is 1.28. The van der Waals surface area contributed by atoms with E-state index in [4.69, 9.17) is 9.47 Å². The zero-order valence-corrected chi connectivity index (χ0v) is 23.5. The lowest BCUT2D eigenvalue weighted by Gasteiger charge is -2.21. The molecule has 13 heteroatoms. The van der Waals surface area contributed by atoms with E-state index < -0.39 is 0 Å². The number of carbonyl (C=O) groups is 3. The highest BCUT2D eigenvalue weighted by Crippen LogP contribution is 2.34. The largest absolute Gasteiger partial charge is 0.493 e. The van der Waals surface area contributed by atoms with Crippen molar-refractivity contribution in [2.24, 2.45) is 5.92 Å². The van der Waals surface area contributed by atoms with Crippen LogP contribution in [-0.2, 0) is 11.4 Å². The lowest BCUT2D eigenvalue weighted by molar-refractivity contribution is -0.122. The first-order chi connectivity index (χ1) is 19.9. The van der Waals surface area contributed by atoms with Crippen LogP contribution in [0, 0.1) is 5.92 Å². The maximum atomic E-state index is 13.5. The Bertz CT molecular complexity index is 1620. The van der Waals surface area contributed by atoms with Gasteiger partial charge in [-0.15, -0.1) is 16.4 Å². The molecule has 2 aliphatic rings. The van der Waals surface area contributed by atoms with Gasteiger partial charge >= 0.3 is 0 Å². The van der Waals surface area contributed by atoms with Crippen LogP contribution in [0.25, 0.3) is 10.2 Å². The van der Waals surface area contributed by atoms with E-state index in [0.717, 1.165) is 10.2 Å². The molecule has 1 fully saturated rings. The van der Waals surface area contributed by atoms with Crippen LogP contribution in [0.4, 0.5) is 0 Å². The molecule has 2 aliphatic heterocycles. The number of hydrogen-bond acceptors (Lipinski definition) is 9. The average Bonchev–Trinajstić information content (AvgIpc) is 3.74. The summed E-state index contributed by atoms with van der Waals surface area (Å²) in [5.74, 6) is 0.0317. The minimum atomic E-state index is -0.259. The number of rotatable bonds is 2. The number of likely N-dealkylation sites (tertiary alicyclic amines) is 1. The van der Waals surface area contributed by atoms with Gasteiger partial charge in [0, 0.05) is 51.1 Å². The van der Waals surface area contributed by atoms with Crippen molar-refractivity contribution in [1.29, 1.82) is 0 Å². The van der Waals surface area contributed by atoms with Gasteiger partial charge in [-0.05, 0) is 30.3 Å². The van der Waals surface area contributed by atoms with Crippen LogP contribution in [0.3, 0.4) is 0 Å². The van der Waals surface area contributed by atoms with Gasteiger partial charge in [-0.3, -0.25) is 14.4 Å². The van der Waals surface area contributed by atoms with Crippen molar-refractivity contribution in [1.82, 2.24) is 35.1 Å². The minimum Gasteiger partial charge on any atom is -0.493 e. The number of ether oxygens (including phenoxy) is 2. The second-order valence-corrected chi connectivity index (χ2v) is 11.1. The van der Waals surface area contributed by atoms with Gasteiger partial charge in [-0.2, -0.15) is 0 Å². The van der Waals surface area contributed by atoms with Crippen LogP contribution in [-0.4, -0.2) is 87.8 Å². The number of carbonyl (C=O) groups excluding carboxylic acids is 3. The molecule has 212 valence electrons. The van der Waals surface area contributed by atoms with Gasteiger partial charge in [0.2, 0.25) is 5.91 Å². The number of fused-ring (bicyclic) bond motifs is 6. The minimum absolute atomic E-state index is 0.0553. The summed E-state index contributed by atoms with van der Waals surface area (Å²) in [5.41, 5.74) is 4.08. The lowest BCUT2D eigenvalue weighted by atomic mass is 9.99. The molecule has 12 nitrogen and oxygen atoms in total. The Morgan fingerprint density at radius 1 is 1.20 bits per heavy atom. The van der Waals surface area contributed by atoms with Gasteiger partial charge in [0.05, 0.1) is 40.6 Å². The van der Waals surface area contributed by atoms with E-state index in [1.165, 1.54) is 23.3 Å². The Morgan fingerprint density at radius 2 is 2.07 bits per heavy atom. The highest BCUT2D eigenvalue weighted by atomic mass is 32.1. The molecule has 2 atom stereocenters. The number of amides is 3. The van der Waals surface area contributed by atoms with E-state index >= 15 is 0 Å². The SMILES string of the molecule is COc1cccc2c1OCc1cn(nn1)[C@@H]1CN(C(=O)c3ccc4ncsc4c3)C[C@@H]1CC(=O)NCCN(C)C2=O. The van der Waals surface area contributed by atoms with Gasteiger partial charge in [-0.1, -0.05) is 11.3 Å². The fourth-order valence-electron chi connectivity index (χ4n) is 5.35. The Labute approximate surface area is 239 Å². The molecule has 41 heavy (non-hydrogen) atoms. The van der Waals surface area contributed by atoms with Crippen LogP contribution < -0.4 is 14.8 Å². The van der Waals surface area contributed by atoms with E-state index in [2.05, 4.69) is 20.6 Å². The molecule has 2 bridgehead atoms. The predicted octanol–water partition coefficient (Wildman–Crippen LogP) is 2.38. The van der Waals surface area contributed by atoms with Crippen LogP contribution in [0.1, 0.15) is 38.9 Å². The van der Waals surface area contributed by atoms with Gasteiger partial charge in [-0.25, -0.2) is 9.67 Å². The normalized spacial score (nSPS) is 19.9. The number of thiazole rings is 1. The number of nitrogens with zero attached hydrogens (tertiary/aromatic N) is 6. The standard InChI is InChI=1S/C28H29N7O5S/c1-33-9-8-29-25(36)11-18-12-34(27(37)17-6-7-21-24(10-17)41-16-30-21)14-22(18)35-13-19(31-32-35)15-40-26-20(28(33)38)4-3-5-23(26)39-2/h3-7,10,13,16,18,22H,8-9,11-12,14-15H2,1-2H3,(H,29,36)/t18-,22+/m0/s1. The van der Waals surface area contributed by atoms with Crippen molar-refractivity contribution in [3.63, 3.8) is 0 Å². The second-order valence-electron chi connectivity index (χ2n) is 10.2. The number of benzene rings is 2. The zero-order chi connectivity index (χ0) is 28.5. The van der Waals surface area contributed by atoms with Crippen LogP contribution >= 0.6 is 11.3 Å². The zero-order valence-electron chi connectivity index (χ0n) is 22.6. The van der Waals surface area contributed by atoms with Gasteiger partial charge in [0.15, 0.2) is 11.5 Å². The van der Waals surface area contributed by atoms with Gasteiger partial charge in [0.25, 0.3) is 11.8 Å². The molecule has 1 N–H and O–H groups in total. The van der Waals surface area contributed by atoms with E-state index in [9.17, 15) is 14.4 Å². The second kappa shape index (κ2) is 11.2. The molecule has 6 rings (SSSR count). The number of nitrogens with one attached hydrogen (secondary N) is 1. The Hall–Kier alpha value is -4.52. The quantitative estimate of drug-likeness (QED) is 0.386. The summed E-state index contributed by atoms with van der Waals surface area (Å²) in [6.45, 7) is 1.42. The molecule has 0 unspecified atom stereocenters. The Kier molecular flexibility index (Phi) is 7.26. The van der Waals surface area contributed by atoms with Crippen molar-refractivity contribution in [2.75, 3.05) is 40.3 Å². The van der Waals surface area contributed by atoms with Crippen molar-refractivity contribution >= 4 is 39.3 Å². The number of hydrogen-bond donors (Lipinski definition) is 1. The monoisotopic (exact) mass is 575 g/mol. The molecule has 1 saturated heterocycles. The summed E-state index contributed by atoms with van der Waals surface area (Å²) >= 11 is 1.49. The topological polar surface area (TPSA) is 132 Å². The van der Waals surface area contributed by atoms with Crippen molar-refractivity contribution in [3.05, 3.63) is 64.9 Å². The van der Waals surface area contributed by atoms with E-state index in [0.29, 0.717) is 48.0 Å². The molecule has 2 aromatic carbocycles. The third kappa shape index (κ3) is 5.32. The van der Waals surface area contributed by atoms with Gasteiger partial charge < -0.3 is 24.6 Å². The summed E-state index contributed by atoms with van der Waals surface area (Å²) in [6, 6.07) is 10.4.